The number of nitrogens with one attached hydrogen (secondary N) is 1. The lowest BCUT2D eigenvalue weighted by atomic mass is 10.3. The first-order valence-corrected chi connectivity index (χ1v) is 9.26. The molecule has 0 aliphatic rings. The summed E-state index contributed by atoms with van der Waals surface area (Å²) in [5, 5.41) is 1.96. The third-order valence-electron chi connectivity index (χ3n) is 3.34. The predicted octanol–water partition coefficient (Wildman–Crippen LogP) is 2.21. The summed E-state index contributed by atoms with van der Waals surface area (Å²) in [5.74, 6) is 0. The van der Waals surface area contributed by atoms with Crippen molar-refractivity contribution in [3.05, 3.63) is 39.8 Å². The van der Waals surface area contributed by atoms with E-state index in [1.165, 1.54) is 0 Å². The van der Waals surface area contributed by atoms with Crippen LogP contribution < -0.4 is 10.5 Å². The first-order chi connectivity index (χ1) is 9.97. The van der Waals surface area contributed by atoms with E-state index in [0.717, 1.165) is 29.1 Å². The van der Waals surface area contributed by atoms with Gasteiger partial charge in [0.1, 0.15) is 0 Å². The molecular weight excluding hydrogens is 306 g/mol. The summed E-state index contributed by atoms with van der Waals surface area (Å²) in [7, 11) is -3.50. The zero-order valence-corrected chi connectivity index (χ0v) is 13.9. The van der Waals surface area contributed by atoms with Crippen LogP contribution in [0.4, 0.5) is 0 Å². The van der Waals surface area contributed by atoms with Gasteiger partial charge in [0, 0.05) is 36.4 Å². The molecule has 0 fully saturated rings. The van der Waals surface area contributed by atoms with Crippen LogP contribution in [-0.2, 0) is 29.7 Å². The molecule has 2 heterocycles. The normalized spacial score (nSPS) is 12.0. The topological polar surface area (TPSA) is 77.1 Å². The molecule has 0 spiro atoms. The highest BCUT2D eigenvalue weighted by molar-refractivity contribution is 7.89. The Morgan fingerprint density at radius 1 is 1.43 bits per heavy atom. The molecule has 0 unspecified atom stereocenters. The van der Waals surface area contributed by atoms with Crippen molar-refractivity contribution in [1.82, 2.24) is 9.29 Å². The van der Waals surface area contributed by atoms with E-state index in [1.54, 1.807) is 23.6 Å². The molecule has 2 aromatic heterocycles. The molecule has 0 saturated carbocycles. The van der Waals surface area contributed by atoms with Crippen molar-refractivity contribution in [3.63, 3.8) is 0 Å². The van der Waals surface area contributed by atoms with Gasteiger partial charge in [0.15, 0.2) is 0 Å². The number of aryl methyl sites for hydroxylation is 2. The summed E-state index contributed by atoms with van der Waals surface area (Å²) in [6.45, 7) is 5.45. The van der Waals surface area contributed by atoms with Gasteiger partial charge in [-0.2, -0.15) is 0 Å². The van der Waals surface area contributed by atoms with E-state index in [1.807, 2.05) is 29.9 Å². The Balaban J connectivity index is 2.17. The Hall–Kier alpha value is -1.15. The van der Waals surface area contributed by atoms with Crippen molar-refractivity contribution in [1.29, 1.82) is 0 Å². The van der Waals surface area contributed by atoms with Gasteiger partial charge in [0.25, 0.3) is 0 Å². The summed E-state index contributed by atoms with van der Waals surface area (Å²) in [5.41, 5.74) is 7.62. The zero-order chi connectivity index (χ0) is 15.5. The number of aromatic nitrogens is 1. The summed E-state index contributed by atoms with van der Waals surface area (Å²) < 4.78 is 29.3. The fourth-order valence-electron chi connectivity index (χ4n) is 2.12. The summed E-state index contributed by atoms with van der Waals surface area (Å²) >= 11 is 1.55. The second-order valence-electron chi connectivity index (χ2n) is 4.92. The molecule has 21 heavy (non-hydrogen) atoms. The zero-order valence-electron chi connectivity index (χ0n) is 12.3. The smallest absolute Gasteiger partial charge is 0.242 e. The fraction of sp³-hybridized carbons (Fsp3) is 0.429. The maximum absolute atomic E-state index is 12.4. The highest BCUT2D eigenvalue weighted by Crippen LogP contribution is 2.18. The number of rotatable bonds is 7. The number of hydrogen-bond donors (Lipinski definition) is 2. The van der Waals surface area contributed by atoms with Crippen molar-refractivity contribution in [2.24, 2.45) is 5.73 Å². The highest BCUT2D eigenvalue weighted by atomic mass is 32.2. The van der Waals surface area contributed by atoms with E-state index in [0.29, 0.717) is 13.1 Å². The molecule has 2 aromatic rings. The molecule has 0 aliphatic carbocycles. The largest absolute Gasteiger partial charge is 0.349 e. The van der Waals surface area contributed by atoms with Gasteiger partial charge in [-0.25, -0.2) is 13.1 Å². The van der Waals surface area contributed by atoms with Gasteiger partial charge in [-0.1, -0.05) is 6.92 Å². The number of nitrogens with zero attached hydrogens (tertiary/aromatic N) is 1. The molecule has 0 bridgehead atoms. The van der Waals surface area contributed by atoms with Crippen LogP contribution in [0, 0.1) is 6.92 Å². The van der Waals surface area contributed by atoms with E-state index in [4.69, 9.17) is 5.73 Å². The number of sulfonamides is 1. The van der Waals surface area contributed by atoms with E-state index in [-0.39, 0.29) is 4.90 Å². The van der Waals surface area contributed by atoms with Crippen LogP contribution in [-0.4, -0.2) is 13.0 Å². The van der Waals surface area contributed by atoms with E-state index in [9.17, 15) is 8.42 Å². The highest BCUT2D eigenvalue weighted by Gasteiger charge is 2.18. The van der Waals surface area contributed by atoms with Crippen LogP contribution >= 0.6 is 11.3 Å². The Morgan fingerprint density at radius 3 is 2.76 bits per heavy atom. The van der Waals surface area contributed by atoms with E-state index < -0.39 is 10.0 Å². The van der Waals surface area contributed by atoms with Crippen LogP contribution in [0.2, 0.25) is 0 Å². The minimum absolute atomic E-state index is 0.283. The molecule has 0 radical (unpaired) electrons. The Labute approximate surface area is 129 Å². The number of nitrogens with two attached hydrogens (primary N) is 1. The van der Waals surface area contributed by atoms with Gasteiger partial charge in [-0.15, -0.1) is 11.3 Å². The summed E-state index contributed by atoms with van der Waals surface area (Å²) in [6, 6.07) is 3.64. The lowest BCUT2D eigenvalue weighted by Gasteiger charge is -2.05. The Bertz CT molecular complexity index is 702. The molecule has 3 N–H and O–H groups in total. The van der Waals surface area contributed by atoms with Crippen LogP contribution in [0.25, 0.3) is 0 Å². The number of thiophene rings is 1. The van der Waals surface area contributed by atoms with Crippen LogP contribution in [0.15, 0.2) is 28.6 Å². The quantitative estimate of drug-likeness (QED) is 0.818. The third kappa shape index (κ3) is 3.74. The predicted molar refractivity (Wildman–Crippen MR) is 85.7 cm³/mol. The molecule has 0 aromatic carbocycles. The van der Waals surface area contributed by atoms with Crippen molar-refractivity contribution in [2.45, 2.75) is 44.8 Å². The van der Waals surface area contributed by atoms with E-state index in [2.05, 4.69) is 4.72 Å². The molecule has 0 atom stereocenters. The molecule has 0 saturated heterocycles. The van der Waals surface area contributed by atoms with Gasteiger partial charge >= 0.3 is 0 Å². The number of hydrogen-bond acceptors (Lipinski definition) is 4. The average Bonchev–Trinajstić information content (AvgIpc) is 3.04. The first kappa shape index (κ1) is 16.2. The molecule has 0 amide bonds. The Morgan fingerprint density at radius 2 is 2.19 bits per heavy atom. The molecule has 2 rings (SSSR count). The second-order valence-corrected chi connectivity index (χ2v) is 7.68. The Kier molecular flexibility index (Phi) is 5.21. The molecule has 116 valence electrons. The molecular formula is C14H21N3O2S2. The minimum Gasteiger partial charge on any atom is -0.349 e. The maximum atomic E-state index is 12.4. The van der Waals surface area contributed by atoms with Crippen LogP contribution in [0.5, 0.6) is 0 Å². The maximum Gasteiger partial charge on any atom is 0.242 e. The standard InChI is InChI=1S/C14H21N3O2S2/c1-3-5-17-10-13(7-12(17)8-15)21(18,19)16-9-14-11(2)4-6-20-14/h4,6-7,10,16H,3,5,8-9,15H2,1-2H3. The van der Waals surface area contributed by atoms with E-state index >= 15 is 0 Å². The molecule has 7 heteroatoms. The lowest BCUT2D eigenvalue weighted by Crippen LogP contribution is -2.22. The lowest BCUT2D eigenvalue weighted by molar-refractivity contribution is 0.580. The van der Waals surface area contributed by atoms with Crippen molar-refractivity contribution >= 4 is 21.4 Å². The van der Waals surface area contributed by atoms with Gasteiger partial charge in [-0.3, -0.25) is 0 Å². The second kappa shape index (κ2) is 6.74. The molecule has 5 nitrogen and oxygen atoms in total. The first-order valence-electron chi connectivity index (χ1n) is 6.89. The van der Waals surface area contributed by atoms with Gasteiger partial charge < -0.3 is 10.3 Å². The SMILES string of the molecule is CCCn1cc(S(=O)(=O)NCc2sccc2C)cc1CN. The van der Waals surface area contributed by atoms with Gasteiger partial charge in [0.2, 0.25) is 10.0 Å². The summed E-state index contributed by atoms with van der Waals surface area (Å²) in [4.78, 5) is 1.32. The van der Waals surface area contributed by atoms with Gasteiger partial charge in [0.05, 0.1) is 4.90 Å². The average molecular weight is 327 g/mol. The monoisotopic (exact) mass is 327 g/mol. The van der Waals surface area contributed by atoms with Gasteiger partial charge in [-0.05, 0) is 36.4 Å². The minimum atomic E-state index is -3.50. The third-order valence-corrected chi connectivity index (χ3v) is 5.73. The van der Waals surface area contributed by atoms with Crippen LogP contribution in [0.1, 0.15) is 29.5 Å². The van der Waals surface area contributed by atoms with Crippen molar-refractivity contribution in [2.75, 3.05) is 0 Å². The van der Waals surface area contributed by atoms with Crippen molar-refractivity contribution < 1.29 is 8.42 Å². The van der Waals surface area contributed by atoms with Crippen molar-refractivity contribution in [3.8, 4) is 0 Å². The van der Waals surface area contributed by atoms with Crippen LogP contribution in [0.3, 0.4) is 0 Å². The molecule has 0 aliphatic heterocycles. The summed E-state index contributed by atoms with van der Waals surface area (Å²) in [6.07, 6.45) is 2.60. The fourth-order valence-corrected chi connectivity index (χ4v) is 4.12.